The third-order valence-corrected chi connectivity index (χ3v) is 2.20. The molecule has 1 aliphatic rings. The smallest absolute Gasteiger partial charge is 0.148 e. The second-order valence-electron chi connectivity index (χ2n) is 2.72. The average molecular weight is 164 g/mol. The lowest BCUT2D eigenvalue weighted by Gasteiger charge is -2.10. The number of aliphatic hydroxyl groups is 4. The summed E-state index contributed by atoms with van der Waals surface area (Å²) in [5.41, 5.74) is -2.28. The third kappa shape index (κ3) is 0.969. The van der Waals surface area contributed by atoms with Crippen molar-refractivity contribution in [2.24, 2.45) is 0 Å². The van der Waals surface area contributed by atoms with Crippen molar-refractivity contribution >= 4 is 0 Å². The maximum atomic E-state index is 8.75. The van der Waals surface area contributed by atoms with Crippen LogP contribution in [0.3, 0.4) is 0 Å². The Morgan fingerprint density at radius 2 is 1.00 bits per heavy atom. The van der Waals surface area contributed by atoms with Crippen molar-refractivity contribution < 1.29 is 25.2 Å². The van der Waals surface area contributed by atoms with Gasteiger partial charge in [-0.25, -0.2) is 0 Å². The van der Waals surface area contributed by atoms with E-state index in [1.165, 1.54) is 0 Å². The van der Waals surface area contributed by atoms with Crippen LogP contribution < -0.4 is 0 Å². The first-order chi connectivity index (χ1) is 5.20. The highest BCUT2D eigenvalue weighted by atomic mass is 16.7. The normalized spacial score (nSPS) is 25.1. The molecule has 0 aromatic carbocycles. The van der Waals surface area contributed by atoms with E-state index in [9.17, 15) is 0 Å². The molecule has 0 radical (unpaired) electrons. The molecule has 11 heavy (non-hydrogen) atoms. The lowest BCUT2D eigenvalue weighted by molar-refractivity contribution is 0.105. The lowest BCUT2D eigenvalue weighted by atomic mass is 9.95. The van der Waals surface area contributed by atoms with Gasteiger partial charge in [0.2, 0.25) is 0 Å². The molecule has 1 fully saturated rings. The SMILES string of the molecule is OCC1(CO)OC1(CO)CO. The monoisotopic (exact) mass is 164 g/mol. The summed E-state index contributed by atoms with van der Waals surface area (Å²) in [6.45, 7) is -1.59. The average Bonchev–Trinajstić information content (AvgIpc) is 2.75. The Morgan fingerprint density at radius 3 is 1.09 bits per heavy atom. The number of ether oxygens (including phenoxy) is 1. The van der Waals surface area contributed by atoms with Gasteiger partial charge >= 0.3 is 0 Å². The van der Waals surface area contributed by atoms with Crippen LogP contribution in [0.4, 0.5) is 0 Å². The van der Waals surface area contributed by atoms with Crippen LogP contribution in [0.1, 0.15) is 0 Å². The molecule has 66 valence electrons. The van der Waals surface area contributed by atoms with E-state index >= 15 is 0 Å². The maximum Gasteiger partial charge on any atom is 0.148 e. The number of rotatable bonds is 4. The standard InChI is InChI=1S/C6H12O5/c7-1-5(2-8)6(3-9,4-10)11-5/h7-10H,1-4H2. The number of hydrogen-bond donors (Lipinski definition) is 4. The largest absolute Gasteiger partial charge is 0.393 e. The molecule has 0 amide bonds. The van der Waals surface area contributed by atoms with Crippen molar-refractivity contribution in [1.29, 1.82) is 0 Å². The quantitative estimate of drug-likeness (QED) is 0.344. The molecule has 1 heterocycles. The molecular weight excluding hydrogens is 152 g/mol. The van der Waals surface area contributed by atoms with Gasteiger partial charge in [0.15, 0.2) is 0 Å². The fourth-order valence-corrected chi connectivity index (χ4v) is 1.15. The zero-order valence-electron chi connectivity index (χ0n) is 6.03. The first-order valence-electron chi connectivity index (χ1n) is 3.34. The second kappa shape index (κ2) is 2.69. The van der Waals surface area contributed by atoms with Gasteiger partial charge in [0, 0.05) is 0 Å². The van der Waals surface area contributed by atoms with E-state index in [0.29, 0.717) is 0 Å². The van der Waals surface area contributed by atoms with Crippen molar-refractivity contribution in [3.63, 3.8) is 0 Å². The van der Waals surface area contributed by atoms with Crippen molar-refractivity contribution in [2.45, 2.75) is 11.2 Å². The molecule has 0 bridgehead atoms. The van der Waals surface area contributed by atoms with Gasteiger partial charge in [-0.05, 0) is 0 Å². The molecule has 5 nitrogen and oxygen atoms in total. The van der Waals surface area contributed by atoms with Crippen molar-refractivity contribution in [3.05, 3.63) is 0 Å². The van der Waals surface area contributed by atoms with Crippen LogP contribution in [0.5, 0.6) is 0 Å². The van der Waals surface area contributed by atoms with Gasteiger partial charge in [-0.15, -0.1) is 0 Å². The first-order valence-corrected chi connectivity index (χ1v) is 3.34. The molecular formula is C6H12O5. The molecule has 0 spiro atoms. The minimum Gasteiger partial charge on any atom is -0.393 e. The van der Waals surface area contributed by atoms with Crippen molar-refractivity contribution in [2.75, 3.05) is 26.4 Å². The highest BCUT2D eigenvalue weighted by Crippen LogP contribution is 2.46. The molecule has 4 N–H and O–H groups in total. The minimum atomic E-state index is -1.14. The predicted octanol–water partition coefficient (Wildman–Crippen LogP) is -2.54. The van der Waals surface area contributed by atoms with E-state index in [0.717, 1.165) is 0 Å². The molecule has 0 unspecified atom stereocenters. The molecule has 1 saturated heterocycles. The van der Waals surface area contributed by atoms with E-state index in [4.69, 9.17) is 25.2 Å². The molecule has 0 aliphatic carbocycles. The molecule has 0 saturated carbocycles. The van der Waals surface area contributed by atoms with Gasteiger partial charge in [0.1, 0.15) is 11.2 Å². The van der Waals surface area contributed by atoms with Gasteiger partial charge in [-0.1, -0.05) is 0 Å². The summed E-state index contributed by atoms with van der Waals surface area (Å²) in [4.78, 5) is 0. The first kappa shape index (κ1) is 8.89. The summed E-state index contributed by atoms with van der Waals surface area (Å²) in [5, 5.41) is 35.0. The topological polar surface area (TPSA) is 93.5 Å². The fraction of sp³-hybridized carbons (Fsp3) is 1.00. The molecule has 1 rings (SSSR count). The lowest BCUT2D eigenvalue weighted by Crippen LogP contribution is -2.38. The molecule has 0 atom stereocenters. The Kier molecular flexibility index (Phi) is 2.17. The van der Waals surface area contributed by atoms with E-state index in [2.05, 4.69) is 0 Å². The van der Waals surface area contributed by atoms with Gasteiger partial charge in [-0.3, -0.25) is 0 Å². The molecule has 0 aromatic heterocycles. The summed E-state index contributed by atoms with van der Waals surface area (Å²) < 4.78 is 4.89. The minimum absolute atomic E-state index is 0.398. The summed E-state index contributed by atoms with van der Waals surface area (Å²) in [5.74, 6) is 0. The second-order valence-corrected chi connectivity index (χ2v) is 2.72. The Labute approximate surface area is 63.8 Å². The van der Waals surface area contributed by atoms with Crippen LogP contribution >= 0.6 is 0 Å². The summed E-state index contributed by atoms with van der Waals surface area (Å²) in [6.07, 6.45) is 0. The van der Waals surface area contributed by atoms with Gasteiger partial charge in [0.05, 0.1) is 26.4 Å². The summed E-state index contributed by atoms with van der Waals surface area (Å²) in [7, 11) is 0. The number of aliphatic hydroxyl groups excluding tert-OH is 4. The molecule has 5 heteroatoms. The van der Waals surface area contributed by atoms with Crippen LogP contribution in [0.2, 0.25) is 0 Å². The Balaban J connectivity index is 2.65. The zero-order valence-corrected chi connectivity index (χ0v) is 6.03. The number of hydrogen-bond acceptors (Lipinski definition) is 5. The highest BCUT2D eigenvalue weighted by molar-refractivity contribution is 5.15. The van der Waals surface area contributed by atoms with E-state index < -0.39 is 37.6 Å². The summed E-state index contributed by atoms with van der Waals surface area (Å²) >= 11 is 0. The van der Waals surface area contributed by atoms with Gasteiger partial charge in [-0.2, -0.15) is 0 Å². The van der Waals surface area contributed by atoms with E-state index in [-0.39, 0.29) is 0 Å². The predicted molar refractivity (Wildman–Crippen MR) is 34.9 cm³/mol. The van der Waals surface area contributed by atoms with E-state index in [1.54, 1.807) is 0 Å². The Morgan fingerprint density at radius 1 is 0.727 bits per heavy atom. The molecule has 0 aromatic rings. The summed E-state index contributed by atoms with van der Waals surface area (Å²) in [6, 6.07) is 0. The highest BCUT2D eigenvalue weighted by Gasteiger charge is 2.69. The van der Waals surface area contributed by atoms with Gasteiger partial charge < -0.3 is 25.2 Å². The Bertz CT molecular complexity index is 122. The van der Waals surface area contributed by atoms with Crippen LogP contribution in [0.25, 0.3) is 0 Å². The Hall–Kier alpha value is -0.200. The molecule has 1 aliphatic heterocycles. The van der Waals surface area contributed by atoms with Gasteiger partial charge in [0.25, 0.3) is 0 Å². The van der Waals surface area contributed by atoms with Crippen molar-refractivity contribution in [3.8, 4) is 0 Å². The van der Waals surface area contributed by atoms with E-state index in [1.807, 2.05) is 0 Å². The number of epoxide rings is 1. The van der Waals surface area contributed by atoms with Crippen LogP contribution in [0.15, 0.2) is 0 Å². The van der Waals surface area contributed by atoms with Crippen LogP contribution in [-0.4, -0.2) is 58.1 Å². The zero-order chi connectivity index (χ0) is 8.54. The maximum absolute atomic E-state index is 8.75. The fourth-order valence-electron chi connectivity index (χ4n) is 1.15. The van der Waals surface area contributed by atoms with Crippen LogP contribution in [-0.2, 0) is 4.74 Å². The third-order valence-electron chi connectivity index (χ3n) is 2.20. The van der Waals surface area contributed by atoms with Crippen molar-refractivity contribution in [1.82, 2.24) is 0 Å². The van der Waals surface area contributed by atoms with Crippen LogP contribution in [0, 0.1) is 0 Å².